The molecule has 0 amide bonds. The average Bonchev–Trinajstić information content (AvgIpc) is 2.23. The maximum Gasteiger partial charge on any atom is 0.0186 e. The average molecular weight is 235 g/mol. The molecule has 1 N–H and O–H groups in total. The molecule has 0 radical (unpaired) electrons. The summed E-state index contributed by atoms with van der Waals surface area (Å²) in [6.07, 6.45) is 4.26. The molecule has 0 saturated heterocycles. The molecule has 0 bridgehead atoms. The van der Waals surface area contributed by atoms with Crippen LogP contribution in [-0.4, -0.2) is 18.8 Å². The van der Waals surface area contributed by atoms with Crippen LogP contribution in [0.2, 0.25) is 0 Å². The lowest BCUT2D eigenvalue weighted by Crippen LogP contribution is -2.39. The fraction of sp³-hybridized carbons (Fsp3) is 0.571. The second-order valence-electron chi connectivity index (χ2n) is 4.66. The molecule has 1 aliphatic carbocycles. The van der Waals surface area contributed by atoms with E-state index >= 15 is 0 Å². The molecule has 1 nitrogen and oxygen atoms in total. The van der Waals surface area contributed by atoms with Gasteiger partial charge in [0.05, 0.1) is 0 Å². The summed E-state index contributed by atoms with van der Waals surface area (Å²) in [4.78, 5) is 1.43. The molecule has 1 atom stereocenters. The maximum absolute atomic E-state index is 3.47. The summed E-state index contributed by atoms with van der Waals surface area (Å²) in [5.74, 6) is 2.12. The van der Waals surface area contributed by atoms with Crippen molar-refractivity contribution >= 4 is 11.8 Å². The van der Waals surface area contributed by atoms with Gasteiger partial charge in [0.2, 0.25) is 0 Å². The van der Waals surface area contributed by atoms with Gasteiger partial charge in [0.15, 0.2) is 0 Å². The lowest BCUT2D eigenvalue weighted by molar-refractivity contribution is 0.252. The first kappa shape index (κ1) is 12.0. The number of aryl methyl sites for hydroxylation is 1. The molecule has 2 rings (SSSR count). The van der Waals surface area contributed by atoms with Crippen molar-refractivity contribution in [2.45, 2.75) is 37.1 Å². The highest BCUT2D eigenvalue weighted by Gasteiger charge is 2.25. The SMILES string of the molecule is CNC(CSc1ccccc1C)C1CCC1. The molecule has 16 heavy (non-hydrogen) atoms. The largest absolute Gasteiger partial charge is 0.316 e. The number of benzene rings is 1. The lowest BCUT2D eigenvalue weighted by Gasteiger charge is -2.33. The first-order valence-corrected chi connectivity index (χ1v) is 7.15. The minimum Gasteiger partial charge on any atom is -0.316 e. The zero-order chi connectivity index (χ0) is 11.4. The second-order valence-corrected chi connectivity index (χ2v) is 5.72. The molecule has 0 spiro atoms. The van der Waals surface area contributed by atoms with Gasteiger partial charge in [0, 0.05) is 16.7 Å². The van der Waals surface area contributed by atoms with Crippen LogP contribution < -0.4 is 5.32 Å². The molecule has 1 aromatic carbocycles. The van der Waals surface area contributed by atoms with Gasteiger partial charge < -0.3 is 5.32 Å². The molecule has 2 heteroatoms. The van der Waals surface area contributed by atoms with Crippen molar-refractivity contribution in [3.63, 3.8) is 0 Å². The van der Waals surface area contributed by atoms with E-state index in [9.17, 15) is 0 Å². The molecule has 1 saturated carbocycles. The highest BCUT2D eigenvalue weighted by molar-refractivity contribution is 7.99. The van der Waals surface area contributed by atoms with Crippen molar-refractivity contribution in [1.82, 2.24) is 5.32 Å². The van der Waals surface area contributed by atoms with Crippen LogP contribution in [0.5, 0.6) is 0 Å². The normalized spacial score (nSPS) is 18.1. The Morgan fingerprint density at radius 3 is 2.69 bits per heavy atom. The summed E-state index contributed by atoms with van der Waals surface area (Å²) < 4.78 is 0. The van der Waals surface area contributed by atoms with E-state index in [4.69, 9.17) is 0 Å². The van der Waals surface area contributed by atoms with E-state index in [1.807, 2.05) is 11.8 Å². The van der Waals surface area contributed by atoms with E-state index in [2.05, 4.69) is 43.6 Å². The molecule has 0 heterocycles. The van der Waals surface area contributed by atoms with E-state index in [1.165, 1.54) is 35.5 Å². The van der Waals surface area contributed by atoms with Crippen LogP contribution in [0, 0.1) is 12.8 Å². The summed E-state index contributed by atoms with van der Waals surface area (Å²) in [6.45, 7) is 2.19. The van der Waals surface area contributed by atoms with Gasteiger partial charge in [-0.2, -0.15) is 0 Å². The van der Waals surface area contributed by atoms with E-state index < -0.39 is 0 Å². The van der Waals surface area contributed by atoms with Gasteiger partial charge in [0.1, 0.15) is 0 Å². The quantitative estimate of drug-likeness (QED) is 0.784. The Morgan fingerprint density at radius 2 is 2.12 bits per heavy atom. The van der Waals surface area contributed by atoms with Crippen molar-refractivity contribution in [1.29, 1.82) is 0 Å². The smallest absolute Gasteiger partial charge is 0.0186 e. The van der Waals surface area contributed by atoms with Crippen LogP contribution in [-0.2, 0) is 0 Å². The maximum atomic E-state index is 3.47. The van der Waals surface area contributed by atoms with Crippen molar-refractivity contribution in [2.75, 3.05) is 12.8 Å². The van der Waals surface area contributed by atoms with Crippen LogP contribution in [0.15, 0.2) is 29.2 Å². The van der Waals surface area contributed by atoms with Gasteiger partial charge >= 0.3 is 0 Å². The minimum absolute atomic E-state index is 0.693. The Kier molecular flexibility index (Phi) is 4.30. The number of nitrogens with one attached hydrogen (secondary N) is 1. The molecular weight excluding hydrogens is 214 g/mol. The second kappa shape index (κ2) is 5.74. The van der Waals surface area contributed by atoms with Crippen LogP contribution in [0.3, 0.4) is 0 Å². The highest BCUT2D eigenvalue weighted by atomic mass is 32.2. The molecule has 88 valence electrons. The molecule has 1 aromatic rings. The third-order valence-electron chi connectivity index (χ3n) is 3.60. The van der Waals surface area contributed by atoms with Crippen LogP contribution in [0.4, 0.5) is 0 Å². The Hall–Kier alpha value is -0.470. The van der Waals surface area contributed by atoms with Crippen molar-refractivity contribution in [2.24, 2.45) is 5.92 Å². The Morgan fingerprint density at radius 1 is 1.38 bits per heavy atom. The summed E-state index contributed by atoms with van der Waals surface area (Å²) in [5.41, 5.74) is 1.40. The highest BCUT2D eigenvalue weighted by Crippen LogP contribution is 2.32. The fourth-order valence-corrected chi connectivity index (χ4v) is 3.46. The first-order valence-electron chi connectivity index (χ1n) is 6.17. The van der Waals surface area contributed by atoms with Gasteiger partial charge in [-0.15, -0.1) is 11.8 Å². The Labute approximate surface area is 103 Å². The Bertz CT molecular complexity index is 333. The Balaban J connectivity index is 1.88. The topological polar surface area (TPSA) is 12.0 Å². The van der Waals surface area contributed by atoms with Gasteiger partial charge in [-0.05, 0) is 44.4 Å². The lowest BCUT2D eigenvalue weighted by atomic mass is 9.80. The standard InChI is InChI=1S/C14H21NS/c1-11-6-3-4-9-14(11)16-10-13(15-2)12-7-5-8-12/h3-4,6,9,12-13,15H,5,7-8,10H2,1-2H3. The van der Waals surface area contributed by atoms with E-state index in [-0.39, 0.29) is 0 Å². The van der Waals surface area contributed by atoms with Crippen molar-refractivity contribution in [3.8, 4) is 0 Å². The van der Waals surface area contributed by atoms with Gasteiger partial charge in [-0.3, -0.25) is 0 Å². The molecule has 0 aliphatic heterocycles. The van der Waals surface area contributed by atoms with Crippen molar-refractivity contribution < 1.29 is 0 Å². The predicted molar refractivity (Wildman–Crippen MR) is 72.1 cm³/mol. The molecule has 0 aromatic heterocycles. The molecule has 1 aliphatic rings. The number of rotatable bonds is 5. The van der Waals surface area contributed by atoms with Gasteiger partial charge in [0.25, 0.3) is 0 Å². The summed E-state index contributed by atoms with van der Waals surface area (Å²) in [7, 11) is 2.10. The predicted octanol–water partition coefficient (Wildman–Crippen LogP) is 3.48. The van der Waals surface area contributed by atoms with E-state index in [1.54, 1.807) is 0 Å². The zero-order valence-corrected chi connectivity index (χ0v) is 11.0. The summed E-state index contributed by atoms with van der Waals surface area (Å²) in [6, 6.07) is 9.36. The van der Waals surface area contributed by atoms with Crippen LogP contribution in [0.1, 0.15) is 24.8 Å². The molecule has 1 unspecified atom stereocenters. The van der Waals surface area contributed by atoms with Crippen LogP contribution >= 0.6 is 11.8 Å². The van der Waals surface area contributed by atoms with E-state index in [0.29, 0.717) is 6.04 Å². The molecular formula is C14H21NS. The van der Waals surface area contributed by atoms with Crippen LogP contribution in [0.25, 0.3) is 0 Å². The summed E-state index contributed by atoms with van der Waals surface area (Å²) >= 11 is 1.99. The van der Waals surface area contributed by atoms with Crippen molar-refractivity contribution in [3.05, 3.63) is 29.8 Å². The third kappa shape index (κ3) is 2.80. The number of hydrogen-bond acceptors (Lipinski definition) is 2. The van der Waals surface area contributed by atoms with E-state index in [0.717, 1.165) is 5.92 Å². The number of thioether (sulfide) groups is 1. The summed E-state index contributed by atoms with van der Waals surface area (Å²) in [5, 5.41) is 3.47. The molecule has 1 fully saturated rings. The van der Waals surface area contributed by atoms with Gasteiger partial charge in [-0.1, -0.05) is 24.6 Å². The number of hydrogen-bond donors (Lipinski definition) is 1. The third-order valence-corrected chi connectivity index (χ3v) is 4.90. The first-order chi connectivity index (χ1) is 7.81. The monoisotopic (exact) mass is 235 g/mol. The van der Waals surface area contributed by atoms with Gasteiger partial charge in [-0.25, -0.2) is 0 Å². The zero-order valence-electron chi connectivity index (χ0n) is 10.2. The minimum atomic E-state index is 0.693. The fourth-order valence-electron chi connectivity index (χ4n) is 2.20.